The van der Waals surface area contributed by atoms with Crippen LogP contribution in [0.3, 0.4) is 0 Å². The zero-order valence-electron chi connectivity index (χ0n) is 13.5. The normalized spacial score (nSPS) is 11.4. The fourth-order valence-electron chi connectivity index (χ4n) is 3.39. The lowest BCUT2D eigenvalue weighted by molar-refractivity contribution is 0.987. The van der Waals surface area contributed by atoms with Crippen LogP contribution in [-0.4, -0.2) is 18.9 Å². The predicted molar refractivity (Wildman–Crippen MR) is 96.8 cm³/mol. The van der Waals surface area contributed by atoms with Gasteiger partial charge in [0.1, 0.15) is 18.2 Å². The van der Waals surface area contributed by atoms with Crippen molar-refractivity contribution < 1.29 is 0 Å². The third kappa shape index (κ3) is 1.82. The first kappa shape index (κ1) is 13.8. The lowest BCUT2D eigenvalue weighted by Crippen LogP contribution is -2.04. The highest BCUT2D eigenvalue weighted by atomic mass is 15.2. The lowest BCUT2D eigenvalue weighted by Gasteiger charge is -2.11. The van der Waals surface area contributed by atoms with Crippen LogP contribution in [0.4, 0.5) is 0 Å². The molecule has 0 aliphatic heterocycles. The second kappa shape index (κ2) is 4.92. The minimum atomic E-state index is 0.601. The van der Waals surface area contributed by atoms with Crippen molar-refractivity contribution in [1.82, 2.24) is 18.9 Å². The van der Waals surface area contributed by atoms with Crippen LogP contribution < -0.4 is 0 Å². The molecule has 0 saturated carbocycles. The molecule has 5 rings (SSSR count). The highest BCUT2D eigenvalue weighted by Gasteiger charge is 2.17. The minimum absolute atomic E-state index is 0.601. The first-order chi connectivity index (χ1) is 12.3. The van der Waals surface area contributed by atoms with Gasteiger partial charge in [0.25, 0.3) is 0 Å². The molecule has 0 unspecified atom stereocenters. The van der Waals surface area contributed by atoms with E-state index in [1.54, 1.807) is 0 Å². The highest BCUT2D eigenvalue weighted by Crippen LogP contribution is 2.27. The molecular weight excluding hydrogens is 310 g/mol. The summed E-state index contributed by atoms with van der Waals surface area (Å²) >= 11 is 0. The summed E-state index contributed by atoms with van der Waals surface area (Å²) in [5.74, 6) is 0.925. The maximum absolute atomic E-state index is 9.61. The largest absolute Gasteiger partial charge is 0.284 e. The smallest absolute Gasteiger partial charge is 0.157 e. The molecule has 0 amide bonds. The van der Waals surface area contributed by atoms with Crippen molar-refractivity contribution in [3.63, 3.8) is 0 Å². The zero-order chi connectivity index (χ0) is 17.0. The predicted octanol–water partition coefficient (Wildman–Crippen LogP) is 4.01. The number of pyridine rings is 1. The first-order valence-electron chi connectivity index (χ1n) is 8.01. The number of aromatic nitrogens is 4. The molecule has 0 atom stereocenters. The van der Waals surface area contributed by atoms with Gasteiger partial charge in [-0.15, -0.1) is 0 Å². The Balaban J connectivity index is 2.01. The standard InChI is InChI=1S/C20H13N5/c1-13-10-19(24-12-22-15-6-2-4-8-17(15)24)25-18-9-5-3-7-16(18)23-20(25)14(13)11-21/h2-10,12H,1H3. The van der Waals surface area contributed by atoms with Crippen LogP contribution in [0.5, 0.6) is 0 Å². The Morgan fingerprint density at radius 1 is 0.960 bits per heavy atom. The van der Waals surface area contributed by atoms with E-state index in [1.807, 2.05) is 76.8 Å². The average molecular weight is 323 g/mol. The third-order valence-corrected chi connectivity index (χ3v) is 4.57. The summed E-state index contributed by atoms with van der Waals surface area (Å²) in [6.07, 6.45) is 1.82. The number of rotatable bonds is 1. The van der Waals surface area contributed by atoms with Gasteiger partial charge in [-0.05, 0) is 42.8 Å². The van der Waals surface area contributed by atoms with E-state index in [0.717, 1.165) is 33.4 Å². The first-order valence-corrected chi connectivity index (χ1v) is 8.01. The third-order valence-electron chi connectivity index (χ3n) is 4.57. The van der Waals surface area contributed by atoms with Gasteiger partial charge in [0.15, 0.2) is 5.65 Å². The molecule has 5 heteroatoms. The quantitative estimate of drug-likeness (QED) is 0.468. The molecule has 0 bridgehead atoms. The second-order valence-electron chi connectivity index (χ2n) is 6.04. The summed E-state index contributed by atoms with van der Waals surface area (Å²) in [5, 5.41) is 9.61. The van der Waals surface area contributed by atoms with E-state index in [4.69, 9.17) is 4.98 Å². The molecule has 118 valence electrons. The number of nitriles is 1. The lowest BCUT2D eigenvalue weighted by atomic mass is 10.1. The Morgan fingerprint density at radius 3 is 2.48 bits per heavy atom. The van der Waals surface area contributed by atoms with Crippen molar-refractivity contribution in [2.45, 2.75) is 6.92 Å². The van der Waals surface area contributed by atoms with Crippen molar-refractivity contribution in [3.05, 3.63) is 72.1 Å². The Hall–Kier alpha value is -3.65. The summed E-state index contributed by atoms with van der Waals surface area (Å²) in [4.78, 5) is 9.21. The van der Waals surface area contributed by atoms with Gasteiger partial charge < -0.3 is 0 Å². The maximum Gasteiger partial charge on any atom is 0.157 e. The van der Waals surface area contributed by atoms with E-state index in [2.05, 4.69) is 11.1 Å². The average Bonchev–Trinajstić information content (AvgIpc) is 3.23. The summed E-state index contributed by atoms with van der Waals surface area (Å²) < 4.78 is 4.08. The van der Waals surface area contributed by atoms with Crippen molar-refractivity contribution >= 4 is 27.7 Å². The summed E-state index contributed by atoms with van der Waals surface area (Å²) in [7, 11) is 0. The summed E-state index contributed by atoms with van der Waals surface area (Å²) in [6.45, 7) is 1.94. The Morgan fingerprint density at radius 2 is 1.68 bits per heavy atom. The molecule has 0 fully saturated rings. The molecule has 5 nitrogen and oxygen atoms in total. The van der Waals surface area contributed by atoms with Crippen molar-refractivity contribution in [3.8, 4) is 11.9 Å². The van der Waals surface area contributed by atoms with Gasteiger partial charge in [0, 0.05) is 0 Å². The van der Waals surface area contributed by atoms with Crippen molar-refractivity contribution in [2.24, 2.45) is 0 Å². The van der Waals surface area contributed by atoms with E-state index >= 15 is 0 Å². The molecule has 0 spiro atoms. The van der Waals surface area contributed by atoms with Crippen LogP contribution in [0.1, 0.15) is 11.1 Å². The van der Waals surface area contributed by atoms with Crippen LogP contribution in [0, 0.1) is 18.3 Å². The van der Waals surface area contributed by atoms with Gasteiger partial charge >= 0.3 is 0 Å². The van der Waals surface area contributed by atoms with E-state index in [9.17, 15) is 5.26 Å². The van der Waals surface area contributed by atoms with Crippen LogP contribution in [0.15, 0.2) is 60.9 Å². The molecule has 0 N–H and O–H groups in total. The SMILES string of the molecule is Cc1cc(-n2cnc3ccccc32)n2c(nc3ccccc32)c1C#N. The number of nitrogens with zero attached hydrogens (tertiary/aromatic N) is 5. The Labute approximate surface area is 143 Å². The zero-order valence-corrected chi connectivity index (χ0v) is 13.5. The van der Waals surface area contributed by atoms with Gasteiger partial charge in [-0.3, -0.25) is 8.97 Å². The van der Waals surface area contributed by atoms with Crippen molar-refractivity contribution in [2.75, 3.05) is 0 Å². The Bertz CT molecular complexity index is 1320. The maximum atomic E-state index is 9.61. The van der Waals surface area contributed by atoms with Gasteiger partial charge in [-0.1, -0.05) is 24.3 Å². The molecule has 25 heavy (non-hydrogen) atoms. The number of imidazole rings is 2. The van der Waals surface area contributed by atoms with Crippen LogP contribution in [0.25, 0.3) is 33.5 Å². The van der Waals surface area contributed by atoms with E-state index < -0.39 is 0 Å². The molecule has 3 heterocycles. The molecule has 0 aliphatic rings. The fraction of sp³-hybridized carbons (Fsp3) is 0.0500. The Kier molecular flexibility index (Phi) is 2.71. The molecular formula is C20H13N5. The number of hydrogen-bond acceptors (Lipinski definition) is 3. The summed E-state index contributed by atoms with van der Waals surface area (Å²) in [6, 6.07) is 20.3. The van der Waals surface area contributed by atoms with Crippen LogP contribution >= 0.6 is 0 Å². The number of benzene rings is 2. The van der Waals surface area contributed by atoms with E-state index in [0.29, 0.717) is 11.2 Å². The molecule has 0 aliphatic carbocycles. The summed E-state index contributed by atoms with van der Waals surface area (Å²) in [5.41, 5.74) is 5.98. The molecule has 0 radical (unpaired) electrons. The number of aryl methyl sites for hydroxylation is 1. The van der Waals surface area contributed by atoms with Gasteiger partial charge in [0.2, 0.25) is 0 Å². The second-order valence-corrected chi connectivity index (χ2v) is 6.04. The molecule has 0 saturated heterocycles. The van der Waals surface area contributed by atoms with Gasteiger partial charge in [-0.25, -0.2) is 9.97 Å². The van der Waals surface area contributed by atoms with Crippen LogP contribution in [0.2, 0.25) is 0 Å². The highest BCUT2D eigenvalue weighted by molar-refractivity contribution is 5.85. The number of para-hydroxylation sites is 4. The van der Waals surface area contributed by atoms with E-state index in [-0.39, 0.29) is 0 Å². The topological polar surface area (TPSA) is 58.9 Å². The number of hydrogen-bond donors (Lipinski definition) is 0. The molecule has 3 aromatic heterocycles. The van der Waals surface area contributed by atoms with Gasteiger partial charge in [-0.2, -0.15) is 5.26 Å². The minimum Gasteiger partial charge on any atom is -0.284 e. The van der Waals surface area contributed by atoms with Crippen LogP contribution in [-0.2, 0) is 0 Å². The van der Waals surface area contributed by atoms with E-state index in [1.165, 1.54) is 0 Å². The van der Waals surface area contributed by atoms with Crippen molar-refractivity contribution in [1.29, 1.82) is 5.26 Å². The molecule has 5 aromatic rings. The molecule has 2 aromatic carbocycles. The fourth-order valence-corrected chi connectivity index (χ4v) is 3.39. The number of fused-ring (bicyclic) bond motifs is 4. The van der Waals surface area contributed by atoms with Gasteiger partial charge in [0.05, 0.1) is 27.6 Å². The monoisotopic (exact) mass is 323 g/mol.